The predicted octanol–water partition coefficient (Wildman–Crippen LogP) is 1.71. The second-order valence-corrected chi connectivity index (χ2v) is 4.41. The normalized spacial score (nSPS) is 24.5. The van der Waals surface area contributed by atoms with Gasteiger partial charge in [0, 0.05) is 18.1 Å². The Bertz CT molecular complexity index is 392. The zero-order chi connectivity index (χ0) is 11.5. The van der Waals surface area contributed by atoms with Crippen molar-refractivity contribution in [3.8, 4) is 0 Å². The molecule has 0 amide bonds. The van der Waals surface area contributed by atoms with E-state index in [0.29, 0.717) is 5.69 Å². The van der Waals surface area contributed by atoms with Crippen LogP contribution in [0.4, 0.5) is 5.69 Å². The first-order valence-electron chi connectivity index (χ1n) is 5.59. The molecule has 2 atom stereocenters. The average molecular weight is 220 g/mol. The van der Waals surface area contributed by atoms with Crippen molar-refractivity contribution in [3.63, 3.8) is 0 Å². The zero-order valence-corrected chi connectivity index (χ0v) is 9.10. The summed E-state index contributed by atoms with van der Waals surface area (Å²) in [4.78, 5) is 15.1. The number of nitrogen functional groups attached to an aromatic ring is 1. The standard InChI is InChI=1S/C12H16N2O2/c13-11-4-5-14-7-9(11)6-8-2-1-3-10(8)12(15)16/h4-5,7-8,10H,1-3,6H2,(H2,13,14)(H,15,16). The van der Waals surface area contributed by atoms with Gasteiger partial charge in [-0.2, -0.15) is 0 Å². The highest BCUT2D eigenvalue weighted by atomic mass is 16.4. The van der Waals surface area contributed by atoms with Crippen LogP contribution >= 0.6 is 0 Å². The average Bonchev–Trinajstić information content (AvgIpc) is 2.69. The van der Waals surface area contributed by atoms with Gasteiger partial charge in [0.1, 0.15) is 0 Å². The fraction of sp³-hybridized carbons (Fsp3) is 0.500. The topological polar surface area (TPSA) is 76.2 Å². The number of rotatable bonds is 3. The number of anilines is 1. The van der Waals surface area contributed by atoms with Crippen LogP contribution < -0.4 is 5.73 Å². The predicted molar refractivity (Wildman–Crippen MR) is 60.8 cm³/mol. The quantitative estimate of drug-likeness (QED) is 0.813. The van der Waals surface area contributed by atoms with E-state index in [1.165, 1.54) is 0 Å². The molecule has 2 rings (SSSR count). The summed E-state index contributed by atoms with van der Waals surface area (Å²) in [5, 5.41) is 9.08. The Hall–Kier alpha value is -1.58. The third kappa shape index (κ3) is 2.15. The molecule has 4 nitrogen and oxygen atoms in total. The number of pyridine rings is 1. The van der Waals surface area contributed by atoms with Gasteiger partial charge in [-0.25, -0.2) is 0 Å². The molecule has 1 fully saturated rings. The van der Waals surface area contributed by atoms with Gasteiger partial charge in [-0.1, -0.05) is 6.42 Å². The largest absolute Gasteiger partial charge is 0.481 e. The van der Waals surface area contributed by atoms with E-state index < -0.39 is 5.97 Å². The molecule has 0 aliphatic heterocycles. The number of carbonyl (C=O) groups is 1. The summed E-state index contributed by atoms with van der Waals surface area (Å²) in [5.41, 5.74) is 7.52. The molecule has 0 bridgehead atoms. The van der Waals surface area contributed by atoms with E-state index in [2.05, 4.69) is 4.98 Å². The molecule has 1 saturated carbocycles. The molecule has 1 aromatic rings. The Balaban J connectivity index is 2.10. The maximum Gasteiger partial charge on any atom is 0.306 e. The molecule has 0 aromatic carbocycles. The van der Waals surface area contributed by atoms with E-state index in [0.717, 1.165) is 31.2 Å². The van der Waals surface area contributed by atoms with Gasteiger partial charge < -0.3 is 10.8 Å². The van der Waals surface area contributed by atoms with Crippen molar-refractivity contribution in [2.75, 3.05) is 5.73 Å². The SMILES string of the molecule is Nc1ccncc1CC1CCCC1C(=O)O. The monoisotopic (exact) mass is 220 g/mol. The van der Waals surface area contributed by atoms with Crippen LogP contribution in [-0.2, 0) is 11.2 Å². The second kappa shape index (κ2) is 4.51. The van der Waals surface area contributed by atoms with Gasteiger partial charge in [0.2, 0.25) is 0 Å². The van der Waals surface area contributed by atoms with E-state index in [9.17, 15) is 4.79 Å². The number of aliphatic carboxylic acids is 1. The summed E-state index contributed by atoms with van der Waals surface area (Å²) in [6.45, 7) is 0. The molecular weight excluding hydrogens is 204 g/mol. The first-order chi connectivity index (χ1) is 7.68. The van der Waals surface area contributed by atoms with Crippen molar-refractivity contribution < 1.29 is 9.90 Å². The highest BCUT2D eigenvalue weighted by Crippen LogP contribution is 2.35. The van der Waals surface area contributed by atoms with Crippen molar-refractivity contribution >= 4 is 11.7 Å². The number of nitrogens with zero attached hydrogens (tertiary/aromatic N) is 1. The molecule has 16 heavy (non-hydrogen) atoms. The third-order valence-corrected chi connectivity index (χ3v) is 3.40. The molecule has 1 aliphatic rings. The molecule has 86 valence electrons. The van der Waals surface area contributed by atoms with Gasteiger partial charge >= 0.3 is 5.97 Å². The Kier molecular flexibility index (Phi) is 3.08. The summed E-state index contributed by atoms with van der Waals surface area (Å²) < 4.78 is 0. The van der Waals surface area contributed by atoms with Crippen molar-refractivity contribution in [3.05, 3.63) is 24.0 Å². The summed E-state index contributed by atoms with van der Waals surface area (Å²) in [5.74, 6) is -0.673. The molecule has 0 saturated heterocycles. The van der Waals surface area contributed by atoms with Crippen LogP contribution in [0.25, 0.3) is 0 Å². The highest BCUT2D eigenvalue weighted by molar-refractivity contribution is 5.70. The van der Waals surface area contributed by atoms with Crippen molar-refractivity contribution in [1.82, 2.24) is 4.98 Å². The smallest absolute Gasteiger partial charge is 0.306 e. The third-order valence-electron chi connectivity index (χ3n) is 3.40. The number of carboxylic acids is 1. The lowest BCUT2D eigenvalue weighted by atomic mass is 9.90. The molecular formula is C12H16N2O2. The van der Waals surface area contributed by atoms with Crippen LogP contribution in [0.2, 0.25) is 0 Å². The van der Waals surface area contributed by atoms with E-state index in [-0.39, 0.29) is 11.8 Å². The minimum Gasteiger partial charge on any atom is -0.481 e. The Morgan fingerprint density at radius 1 is 1.56 bits per heavy atom. The van der Waals surface area contributed by atoms with Gasteiger partial charge in [0.15, 0.2) is 0 Å². The van der Waals surface area contributed by atoms with Crippen molar-refractivity contribution in [2.24, 2.45) is 11.8 Å². The molecule has 3 N–H and O–H groups in total. The lowest BCUT2D eigenvalue weighted by Crippen LogP contribution is -2.20. The van der Waals surface area contributed by atoms with Crippen LogP contribution in [0.15, 0.2) is 18.5 Å². The minimum absolute atomic E-state index is 0.209. The van der Waals surface area contributed by atoms with Gasteiger partial charge in [-0.15, -0.1) is 0 Å². The lowest BCUT2D eigenvalue weighted by Gasteiger charge is -2.16. The molecule has 0 spiro atoms. The van der Waals surface area contributed by atoms with Gasteiger partial charge in [0.05, 0.1) is 5.92 Å². The van der Waals surface area contributed by atoms with Gasteiger partial charge in [0.25, 0.3) is 0 Å². The summed E-state index contributed by atoms with van der Waals surface area (Å²) in [7, 11) is 0. The number of aromatic nitrogens is 1. The molecule has 0 radical (unpaired) electrons. The van der Waals surface area contributed by atoms with Crippen molar-refractivity contribution in [1.29, 1.82) is 0 Å². The minimum atomic E-state index is -0.676. The molecule has 1 aromatic heterocycles. The van der Waals surface area contributed by atoms with Crippen LogP contribution in [0, 0.1) is 11.8 Å². The Labute approximate surface area is 94.5 Å². The van der Waals surface area contributed by atoms with Crippen molar-refractivity contribution in [2.45, 2.75) is 25.7 Å². The molecule has 1 heterocycles. The first kappa shape index (κ1) is 10.9. The van der Waals surface area contributed by atoms with Crippen LogP contribution in [-0.4, -0.2) is 16.1 Å². The fourth-order valence-electron chi connectivity index (χ4n) is 2.50. The van der Waals surface area contributed by atoms with Gasteiger partial charge in [-0.3, -0.25) is 9.78 Å². The molecule has 2 unspecified atom stereocenters. The number of carboxylic acid groups (broad SMARTS) is 1. The maximum absolute atomic E-state index is 11.0. The van der Waals surface area contributed by atoms with E-state index in [4.69, 9.17) is 10.8 Å². The molecule has 1 aliphatic carbocycles. The highest BCUT2D eigenvalue weighted by Gasteiger charge is 2.32. The Morgan fingerprint density at radius 2 is 2.38 bits per heavy atom. The van der Waals surface area contributed by atoms with E-state index >= 15 is 0 Å². The summed E-state index contributed by atoms with van der Waals surface area (Å²) in [6.07, 6.45) is 6.90. The lowest BCUT2D eigenvalue weighted by molar-refractivity contribution is -0.142. The Morgan fingerprint density at radius 3 is 3.06 bits per heavy atom. The van der Waals surface area contributed by atoms with Crippen LogP contribution in [0.5, 0.6) is 0 Å². The van der Waals surface area contributed by atoms with E-state index in [1.807, 2.05) is 0 Å². The number of nitrogens with two attached hydrogens (primary N) is 1. The fourth-order valence-corrected chi connectivity index (χ4v) is 2.50. The summed E-state index contributed by atoms with van der Waals surface area (Å²) >= 11 is 0. The number of hydrogen-bond donors (Lipinski definition) is 2. The molecule has 4 heteroatoms. The second-order valence-electron chi connectivity index (χ2n) is 4.41. The van der Waals surface area contributed by atoms with Crippen LogP contribution in [0.3, 0.4) is 0 Å². The maximum atomic E-state index is 11.0. The zero-order valence-electron chi connectivity index (χ0n) is 9.10. The summed E-state index contributed by atoms with van der Waals surface area (Å²) in [6, 6.07) is 1.76. The van der Waals surface area contributed by atoms with E-state index in [1.54, 1.807) is 18.5 Å². The van der Waals surface area contributed by atoms with Crippen LogP contribution in [0.1, 0.15) is 24.8 Å². The number of hydrogen-bond acceptors (Lipinski definition) is 3. The first-order valence-corrected chi connectivity index (χ1v) is 5.59. The van der Waals surface area contributed by atoms with Gasteiger partial charge in [-0.05, 0) is 36.8 Å².